The maximum Gasteiger partial charge on any atom is 0.225 e. The smallest absolute Gasteiger partial charge is 0.225 e. The molecular formula is C19H20N2O3S3. The van der Waals surface area contributed by atoms with Gasteiger partial charge in [0.05, 0.1) is 22.7 Å². The molecule has 0 atom stereocenters. The molecule has 0 fully saturated rings. The number of nitrogens with one attached hydrogen (secondary N) is 1. The third kappa shape index (κ3) is 5.24. The average Bonchev–Trinajstić information content (AvgIpc) is 3.32. The fourth-order valence-electron chi connectivity index (χ4n) is 2.48. The zero-order chi connectivity index (χ0) is 19.3. The molecule has 0 bridgehead atoms. The molecule has 1 amide bonds. The summed E-state index contributed by atoms with van der Waals surface area (Å²) in [6.45, 7) is 1.74. The van der Waals surface area contributed by atoms with Crippen LogP contribution in [0.3, 0.4) is 0 Å². The first-order valence-corrected chi connectivity index (χ1v) is 12.1. The van der Waals surface area contributed by atoms with Crippen LogP contribution in [0.5, 0.6) is 0 Å². The van der Waals surface area contributed by atoms with Crippen molar-refractivity contribution in [3.8, 4) is 21.1 Å². The summed E-state index contributed by atoms with van der Waals surface area (Å²) < 4.78 is 23.1. The summed E-state index contributed by atoms with van der Waals surface area (Å²) in [7, 11) is -3.09. The number of thiazole rings is 1. The van der Waals surface area contributed by atoms with Crippen LogP contribution < -0.4 is 5.32 Å². The van der Waals surface area contributed by atoms with E-state index in [1.807, 2.05) is 47.8 Å². The lowest BCUT2D eigenvalue weighted by atomic mass is 10.2. The molecule has 0 aliphatic carbocycles. The second-order valence-electron chi connectivity index (χ2n) is 5.90. The van der Waals surface area contributed by atoms with Crippen LogP contribution in [0, 0.1) is 0 Å². The zero-order valence-corrected chi connectivity index (χ0v) is 17.3. The molecule has 0 saturated carbocycles. The Balaban J connectivity index is 1.77. The van der Waals surface area contributed by atoms with E-state index in [9.17, 15) is 13.2 Å². The molecule has 5 nitrogen and oxygen atoms in total. The second kappa shape index (κ2) is 8.77. The Kier molecular flexibility index (Phi) is 6.41. The molecule has 0 aliphatic heterocycles. The number of carbonyl (C=O) groups is 1. The number of sulfone groups is 1. The lowest BCUT2D eigenvalue weighted by Crippen LogP contribution is -2.30. The van der Waals surface area contributed by atoms with Crippen molar-refractivity contribution in [3.05, 3.63) is 52.7 Å². The topological polar surface area (TPSA) is 76.1 Å². The molecule has 1 N–H and O–H groups in total. The lowest BCUT2D eigenvalue weighted by molar-refractivity contribution is -0.120. The predicted octanol–water partition coefficient (Wildman–Crippen LogP) is 3.63. The fourth-order valence-corrected chi connectivity index (χ4v) is 5.07. The van der Waals surface area contributed by atoms with E-state index in [1.54, 1.807) is 18.3 Å². The van der Waals surface area contributed by atoms with Gasteiger partial charge in [-0.25, -0.2) is 13.4 Å². The highest BCUT2D eigenvalue weighted by Gasteiger charge is 2.18. The highest BCUT2D eigenvalue weighted by atomic mass is 32.2. The van der Waals surface area contributed by atoms with Gasteiger partial charge in [0.15, 0.2) is 9.84 Å². The van der Waals surface area contributed by atoms with Gasteiger partial charge in [0.2, 0.25) is 5.91 Å². The molecule has 0 radical (unpaired) electrons. The summed E-state index contributed by atoms with van der Waals surface area (Å²) >= 11 is 3.08. The van der Waals surface area contributed by atoms with Gasteiger partial charge in [-0.2, -0.15) is 0 Å². The first-order valence-electron chi connectivity index (χ1n) is 8.54. The normalized spacial score (nSPS) is 11.4. The van der Waals surface area contributed by atoms with E-state index in [2.05, 4.69) is 5.32 Å². The maximum absolute atomic E-state index is 12.3. The number of hydrogen-bond donors (Lipinski definition) is 1. The Morgan fingerprint density at radius 2 is 1.93 bits per heavy atom. The minimum absolute atomic E-state index is 0.0367. The number of amides is 1. The number of benzene rings is 1. The first kappa shape index (κ1) is 19.7. The molecule has 0 unspecified atom stereocenters. The van der Waals surface area contributed by atoms with Crippen molar-refractivity contribution in [3.63, 3.8) is 0 Å². The predicted molar refractivity (Wildman–Crippen MR) is 112 cm³/mol. The summed E-state index contributed by atoms with van der Waals surface area (Å²) in [5.41, 5.74) is 1.84. The summed E-state index contributed by atoms with van der Waals surface area (Å²) in [4.78, 5) is 19.0. The Labute approximate surface area is 167 Å². The summed E-state index contributed by atoms with van der Waals surface area (Å²) in [6, 6.07) is 13.8. The number of aromatic nitrogens is 1. The van der Waals surface area contributed by atoms with E-state index >= 15 is 0 Å². The Hall–Kier alpha value is -2.03. The summed E-state index contributed by atoms with van der Waals surface area (Å²) in [6.07, 6.45) is 0.184. The van der Waals surface area contributed by atoms with E-state index in [-0.39, 0.29) is 30.4 Å². The van der Waals surface area contributed by atoms with Crippen molar-refractivity contribution >= 4 is 38.4 Å². The van der Waals surface area contributed by atoms with Crippen LogP contribution in [-0.4, -0.2) is 37.4 Å². The van der Waals surface area contributed by atoms with Gasteiger partial charge in [-0.05, 0) is 11.4 Å². The van der Waals surface area contributed by atoms with E-state index in [0.29, 0.717) is 0 Å². The van der Waals surface area contributed by atoms with Gasteiger partial charge in [0.1, 0.15) is 5.01 Å². The average molecular weight is 421 g/mol. The van der Waals surface area contributed by atoms with Crippen LogP contribution in [0.25, 0.3) is 21.1 Å². The summed E-state index contributed by atoms with van der Waals surface area (Å²) in [5, 5.41) is 5.56. The van der Waals surface area contributed by atoms with Crippen LogP contribution in [0.15, 0.2) is 47.8 Å². The molecule has 142 valence electrons. The second-order valence-corrected chi connectivity index (χ2v) is 10.4. The number of hydrogen-bond acceptors (Lipinski definition) is 6. The maximum atomic E-state index is 12.3. The zero-order valence-electron chi connectivity index (χ0n) is 14.8. The first-order chi connectivity index (χ1) is 13.0. The van der Waals surface area contributed by atoms with Gasteiger partial charge in [0.25, 0.3) is 0 Å². The Bertz CT molecular complexity index is 994. The Morgan fingerprint density at radius 3 is 2.59 bits per heavy atom. The molecule has 0 saturated heterocycles. The fraction of sp³-hybridized carbons (Fsp3) is 0.263. The van der Waals surface area contributed by atoms with Crippen molar-refractivity contribution in [1.82, 2.24) is 10.3 Å². The van der Waals surface area contributed by atoms with E-state index in [4.69, 9.17) is 4.98 Å². The van der Waals surface area contributed by atoms with Gasteiger partial charge in [-0.1, -0.05) is 43.3 Å². The van der Waals surface area contributed by atoms with Crippen LogP contribution in [-0.2, 0) is 21.1 Å². The van der Waals surface area contributed by atoms with E-state index in [1.165, 1.54) is 11.3 Å². The molecule has 3 aromatic rings. The summed E-state index contributed by atoms with van der Waals surface area (Å²) in [5.74, 6) is -0.145. The van der Waals surface area contributed by atoms with Gasteiger partial charge in [0, 0.05) is 22.7 Å². The molecule has 2 aromatic heterocycles. The molecule has 8 heteroatoms. The standard InChI is InChI=1S/C19H20N2O3S3/c1-2-27(23,24)12-10-20-17(22)13-16-18(15-9-6-11-25-15)21-19(26-16)14-7-4-3-5-8-14/h3-9,11H,2,10,12-13H2,1H3,(H,20,22). The number of thiophene rings is 1. The third-order valence-corrected chi connectivity index (χ3v) is 7.66. The molecule has 0 spiro atoms. The minimum Gasteiger partial charge on any atom is -0.355 e. The highest BCUT2D eigenvalue weighted by Crippen LogP contribution is 2.36. The van der Waals surface area contributed by atoms with Crippen LogP contribution in [0.2, 0.25) is 0 Å². The lowest BCUT2D eigenvalue weighted by Gasteiger charge is -2.05. The van der Waals surface area contributed by atoms with Gasteiger partial charge in [-0.15, -0.1) is 22.7 Å². The third-order valence-electron chi connectivity index (χ3n) is 3.97. The van der Waals surface area contributed by atoms with Gasteiger partial charge >= 0.3 is 0 Å². The Morgan fingerprint density at radius 1 is 1.15 bits per heavy atom. The highest BCUT2D eigenvalue weighted by molar-refractivity contribution is 7.91. The van der Waals surface area contributed by atoms with Gasteiger partial charge < -0.3 is 5.32 Å². The van der Waals surface area contributed by atoms with Crippen molar-refractivity contribution in [2.75, 3.05) is 18.1 Å². The monoisotopic (exact) mass is 420 g/mol. The molecular weight excluding hydrogens is 400 g/mol. The van der Waals surface area contributed by atoms with Crippen LogP contribution in [0.1, 0.15) is 11.8 Å². The molecule has 27 heavy (non-hydrogen) atoms. The molecule has 0 aliphatic rings. The molecule has 3 rings (SSSR count). The molecule has 1 aromatic carbocycles. The number of carbonyl (C=O) groups excluding carboxylic acids is 1. The number of rotatable bonds is 8. The van der Waals surface area contributed by atoms with Crippen molar-refractivity contribution in [1.29, 1.82) is 0 Å². The van der Waals surface area contributed by atoms with E-state index < -0.39 is 9.84 Å². The minimum atomic E-state index is -3.09. The SMILES string of the molecule is CCS(=O)(=O)CCNC(=O)Cc1sc(-c2ccccc2)nc1-c1cccs1. The quantitative estimate of drug-likeness (QED) is 0.604. The van der Waals surface area contributed by atoms with Crippen molar-refractivity contribution in [2.24, 2.45) is 0 Å². The van der Waals surface area contributed by atoms with Crippen LogP contribution in [0.4, 0.5) is 0 Å². The van der Waals surface area contributed by atoms with Crippen molar-refractivity contribution in [2.45, 2.75) is 13.3 Å². The van der Waals surface area contributed by atoms with E-state index in [0.717, 1.165) is 26.0 Å². The van der Waals surface area contributed by atoms with Crippen molar-refractivity contribution < 1.29 is 13.2 Å². The largest absolute Gasteiger partial charge is 0.355 e. The van der Waals surface area contributed by atoms with Crippen LogP contribution >= 0.6 is 22.7 Å². The molecule has 2 heterocycles. The van der Waals surface area contributed by atoms with Gasteiger partial charge in [-0.3, -0.25) is 4.79 Å². The number of nitrogens with zero attached hydrogens (tertiary/aromatic N) is 1.